The van der Waals surface area contributed by atoms with E-state index in [-0.39, 0.29) is 6.54 Å². The summed E-state index contributed by atoms with van der Waals surface area (Å²) in [6, 6.07) is 8.16. The molecule has 108 valence electrons. The van der Waals surface area contributed by atoms with Gasteiger partial charge in [-0.15, -0.1) is 0 Å². The molecule has 0 amide bonds. The number of nitrogens with zero attached hydrogens (tertiary/aromatic N) is 2. The number of methoxy groups -OCH3 is 1. The highest BCUT2D eigenvalue weighted by molar-refractivity contribution is 5.46. The monoisotopic (exact) mass is 285 g/mol. The smallest absolute Gasteiger partial charge is 0.435 e. The van der Waals surface area contributed by atoms with E-state index in [2.05, 4.69) is 10.4 Å². The third kappa shape index (κ3) is 3.23. The van der Waals surface area contributed by atoms with Crippen LogP contribution in [0, 0.1) is 0 Å². The van der Waals surface area contributed by atoms with E-state index in [1.165, 1.54) is 11.7 Å². The number of aromatic nitrogens is 2. The van der Waals surface area contributed by atoms with Crippen LogP contribution in [0.1, 0.15) is 11.4 Å². The number of anilines is 1. The van der Waals surface area contributed by atoms with Gasteiger partial charge in [-0.2, -0.15) is 18.3 Å². The Kier molecular flexibility index (Phi) is 3.87. The summed E-state index contributed by atoms with van der Waals surface area (Å²) in [6.45, 7) is 0.256. The molecule has 0 bridgehead atoms. The Morgan fingerprint density at radius 3 is 2.40 bits per heavy atom. The van der Waals surface area contributed by atoms with Crippen molar-refractivity contribution in [2.24, 2.45) is 7.05 Å². The third-order valence-electron chi connectivity index (χ3n) is 2.83. The number of hydrogen-bond acceptors (Lipinski definition) is 3. The summed E-state index contributed by atoms with van der Waals surface area (Å²) >= 11 is 0. The molecule has 1 aromatic heterocycles. The van der Waals surface area contributed by atoms with E-state index >= 15 is 0 Å². The predicted octanol–water partition coefficient (Wildman–Crippen LogP) is 3.06. The number of nitrogens with one attached hydrogen (secondary N) is 1. The molecule has 2 aromatic rings. The predicted molar refractivity (Wildman–Crippen MR) is 68.5 cm³/mol. The van der Waals surface area contributed by atoms with Gasteiger partial charge < -0.3 is 10.1 Å². The first-order valence-electron chi connectivity index (χ1n) is 5.88. The minimum Gasteiger partial charge on any atom is -0.497 e. The first kappa shape index (κ1) is 14.2. The fourth-order valence-electron chi connectivity index (χ4n) is 1.71. The molecule has 1 heterocycles. The number of rotatable bonds is 4. The summed E-state index contributed by atoms with van der Waals surface area (Å²) in [5, 5.41) is 6.49. The molecule has 1 aromatic carbocycles. The summed E-state index contributed by atoms with van der Waals surface area (Å²) in [5.74, 6) is 0.718. The van der Waals surface area contributed by atoms with Gasteiger partial charge in [-0.25, -0.2) is 0 Å². The lowest BCUT2D eigenvalue weighted by molar-refractivity contribution is -0.141. The van der Waals surface area contributed by atoms with Gasteiger partial charge in [0.15, 0.2) is 5.69 Å². The minimum atomic E-state index is -4.42. The van der Waals surface area contributed by atoms with Crippen molar-refractivity contribution in [2.45, 2.75) is 12.7 Å². The van der Waals surface area contributed by atoms with Gasteiger partial charge in [0.05, 0.1) is 19.3 Å². The summed E-state index contributed by atoms with van der Waals surface area (Å²) in [6.07, 6.45) is -4.42. The fourth-order valence-corrected chi connectivity index (χ4v) is 1.71. The van der Waals surface area contributed by atoms with E-state index < -0.39 is 11.9 Å². The van der Waals surface area contributed by atoms with Crippen molar-refractivity contribution < 1.29 is 17.9 Å². The zero-order valence-electron chi connectivity index (χ0n) is 11.0. The van der Waals surface area contributed by atoms with Crippen LogP contribution in [0.5, 0.6) is 5.75 Å². The van der Waals surface area contributed by atoms with Crippen molar-refractivity contribution in [1.29, 1.82) is 0 Å². The number of hydrogen-bond donors (Lipinski definition) is 1. The third-order valence-corrected chi connectivity index (χ3v) is 2.83. The second-order valence-electron chi connectivity index (χ2n) is 4.22. The van der Waals surface area contributed by atoms with E-state index in [1.54, 1.807) is 31.4 Å². The minimum absolute atomic E-state index is 0.256. The molecule has 0 fully saturated rings. The van der Waals surface area contributed by atoms with Crippen molar-refractivity contribution >= 4 is 5.69 Å². The summed E-state index contributed by atoms with van der Waals surface area (Å²) in [4.78, 5) is 0. The molecule has 20 heavy (non-hydrogen) atoms. The topological polar surface area (TPSA) is 39.1 Å². The van der Waals surface area contributed by atoms with Crippen LogP contribution in [0.4, 0.5) is 18.9 Å². The average Bonchev–Trinajstić information content (AvgIpc) is 2.78. The van der Waals surface area contributed by atoms with Gasteiger partial charge in [-0.05, 0) is 30.3 Å². The molecule has 4 nitrogen and oxygen atoms in total. The molecule has 0 radical (unpaired) electrons. The maximum absolute atomic E-state index is 12.5. The summed E-state index contributed by atoms with van der Waals surface area (Å²) < 4.78 is 43.8. The molecule has 7 heteroatoms. The van der Waals surface area contributed by atoms with Crippen LogP contribution in [-0.4, -0.2) is 16.9 Å². The number of halogens is 3. The van der Waals surface area contributed by atoms with E-state index in [9.17, 15) is 13.2 Å². The highest BCUT2D eigenvalue weighted by Gasteiger charge is 2.34. The van der Waals surface area contributed by atoms with Crippen LogP contribution in [0.3, 0.4) is 0 Å². The zero-order chi connectivity index (χ0) is 14.8. The van der Waals surface area contributed by atoms with Gasteiger partial charge in [0.25, 0.3) is 0 Å². The molecule has 0 saturated heterocycles. The van der Waals surface area contributed by atoms with Gasteiger partial charge in [-0.3, -0.25) is 4.68 Å². The molecule has 0 aliphatic heterocycles. The van der Waals surface area contributed by atoms with E-state index in [0.717, 1.165) is 17.5 Å². The Hall–Kier alpha value is -2.18. The van der Waals surface area contributed by atoms with Gasteiger partial charge in [0.1, 0.15) is 5.75 Å². The van der Waals surface area contributed by atoms with Crippen LogP contribution in [0.15, 0.2) is 30.3 Å². The Labute approximate surface area is 114 Å². The Bertz CT molecular complexity index is 576. The van der Waals surface area contributed by atoms with E-state index in [0.29, 0.717) is 5.69 Å². The molecule has 0 atom stereocenters. The van der Waals surface area contributed by atoms with Crippen molar-refractivity contribution in [1.82, 2.24) is 9.78 Å². The van der Waals surface area contributed by atoms with E-state index in [4.69, 9.17) is 4.74 Å². The first-order valence-corrected chi connectivity index (χ1v) is 5.88. The largest absolute Gasteiger partial charge is 0.497 e. The quantitative estimate of drug-likeness (QED) is 0.938. The number of alkyl halides is 3. The Balaban J connectivity index is 2.05. The van der Waals surface area contributed by atoms with Gasteiger partial charge in [0.2, 0.25) is 0 Å². The molecule has 0 aliphatic carbocycles. The van der Waals surface area contributed by atoms with Crippen molar-refractivity contribution in [3.05, 3.63) is 41.7 Å². The van der Waals surface area contributed by atoms with E-state index in [1.807, 2.05) is 0 Å². The zero-order valence-corrected chi connectivity index (χ0v) is 11.0. The first-order chi connectivity index (χ1) is 9.40. The number of benzene rings is 1. The standard InChI is InChI=1S/C13H14F3N3O/c1-19-10(7-12(18-19)13(14,15)16)8-17-9-3-5-11(20-2)6-4-9/h3-7,17H,8H2,1-2H3. The van der Waals surface area contributed by atoms with Gasteiger partial charge >= 0.3 is 6.18 Å². The highest BCUT2D eigenvalue weighted by atomic mass is 19.4. The summed E-state index contributed by atoms with van der Waals surface area (Å²) in [5.41, 5.74) is 0.361. The Morgan fingerprint density at radius 2 is 1.90 bits per heavy atom. The lowest BCUT2D eigenvalue weighted by Gasteiger charge is -2.07. The maximum Gasteiger partial charge on any atom is 0.435 e. The van der Waals surface area contributed by atoms with Gasteiger partial charge in [-0.1, -0.05) is 0 Å². The average molecular weight is 285 g/mol. The van der Waals surface area contributed by atoms with Crippen LogP contribution in [-0.2, 0) is 19.8 Å². The SMILES string of the molecule is COc1ccc(NCc2cc(C(F)(F)F)nn2C)cc1. The molecule has 0 unspecified atom stereocenters. The molecule has 0 spiro atoms. The molecule has 0 aliphatic rings. The van der Waals surface area contributed by atoms with Crippen molar-refractivity contribution in [3.63, 3.8) is 0 Å². The second kappa shape index (κ2) is 5.44. The van der Waals surface area contributed by atoms with Crippen molar-refractivity contribution in [2.75, 3.05) is 12.4 Å². The molecule has 1 N–H and O–H groups in total. The van der Waals surface area contributed by atoms with Crippen LogP contribution in [0.2, 0.25) is 0 Å². The second-order valence-corrected chi connectivity index (χ2v) is 4.22. The van der Waals surface area contributed by atoms with Crippen molar-refractivity contribution in [3.8, 4) is 5.75 Å². The maximum atomic E-state index is 12.5. The molecule has 0 saturated carbocycles. The molecular weight excluding hydrogens is 271 g/mol. The molecule has 2 rings (SSSR count). The lowest BCUT2D eigenvalue weighted by Crippen LogP contribution is -2.07. The van der Waals surface area contributed by atoms with Crippen LogP contribution in [0.25, 0.3) is 0 Å². The van der Waals surface area contributed by atoms with Crippen LogP contribution < -0.4 is 10.1 Å². The number of aryl methyl sites for hydroxylation is 1. The van der Waals surface area contributed by atoms with Gasteiger partial charge in [0, 0.05) is 12.7 Å². The summed E-state index contributed by atoms with van der Waals surface area (Å²) in [7, 11) is 3.05. The number of ether oxygens (including phenoxy) is 1. The normalized spacial score (nSPS) is 11.4. The van der Waals surface area contributed by atoms with Crippen LogP contribution >= 0.6 is 0 Å². The highest BCUT2D eigenvalue weighted by Crippen LogP contribution is 2.28. The lowest BCUT2D eigenvalue weighted by atomic mass is 10.3. The Morgan fingerprint density at radius 1 is 1.25 bits per heavy atom. The molecular formula is C13H14F3N3O. The fraction of sp³-hybridized carbons (Fsp3) is 0.308.